The lowest BCUT2D eigenvalue weighted by Crippen LogP contribution is -2.28. The van der Waals surface area contributed by atoms with Crippen molar-refractivity contribution < 1.29 is 11.0 Å². The molecule has 8 heteroatoms. The number of hydrogen-bond acceptors (Lipinski definition) is 5. The van der Waals surface area contributed by atoms with Crippen LogP contribution in [-0.2, 0) is 17.6 Å². The quantitative estimate of drug-likeness (QED) is 0.453. The number of carbonyl (C=O) groups is 2. The summed E-state index contributed by atoms with van der Waals surface area (Å²) >= 11 is 7.23. The van der Waals surface area contributed by atoms with E-state index in [9.17, 15) is 9.59 Å². The molecule has 0 aromatic carbocycles. The number of fused-ring (bicyclic) bond motifs is 1. The van der Waals surface area contributed by atoms with Gasteiger partial charge in [0, 0.05) is 31.4 Å². The van der Waals surface area contributed by atoms with Gasteiger partial charge in [-0.05, 0) is 80.9 Å². The van der Waals surface area contributed by atoms with Crippen LogP contribution < -0.4 is 16.0 Å². The van der Waals surface area contributed by atoms with Crippen LogP contribution in [0.25, 0.3) is 0 Å². The average molecular weight is 485 g/mol. The smallest absolute Gasteiger partial charge is 0.254 e. The van der Waals surface area contributed by atoms with Crippen molar-refractivity contribution >= 4 is 51.0 Å². The predicted molar refractivity (Wildman–Crippen MR) is 138 cm³/mol. The first-order valence-corrected chi connectivity index (χ1v) is 13.1. The van der Waals surface area contributed by atoms with Gasteiger partial charge in [-0.2, -0.15) is 0 Å². The maximum Gasteiger partial charge on any atom is 0.254 e. The van der Waals surface area contributed by atoms with Gasteiger partial charge in [0.05, 0.1) is 22.4 Å². The fourth-order valence-corrected chi connectivity index (χ4v) is 6.06. The standard InChI is InChI=1S/C25H30N4O2S2.H2/c1-14-8-18(13-26-11-14)28-21(32)10-16-4-7-20-19(9-16)22(24(31)27-12-15-2-3-15)25(33-20)29-23(30)17-5-6-17;/h8,11,13,15-17H,2-7,9-10,12H2,1H3,(H,27,31)(H,28,32)(H,29,30);1H/t16-;/m1./s1. The molecule has 3 N–H and O–H groups in total. The van der Waals surface area contributed by atoms with Gasteiger partial charge in [0.1, 0.15) is 5.00 Å². The van der Waals surface area contributed by atoms with E-state index >= 15 is 0 Å². The molecule has 6 nitrogen and oxygen atoms in total. The highest BCUT2D eigenvalue weighted by molar-refractivity contribution is 7.80. The largest absolute Gasteiger partial charge is 0.352 e. The van der Waals surface area contributed by atoms with Crippen molar-refractivity contribution in [2.24, 2.45) is 17.8 Å². The molecule has 3 aliphatic carbocycles. The Morgan fingerprint density at radius 3 is 2.70 bits per heavy atom. The summed E-state index contributed by atoms with van der Waals surface area (Å²) in [4.78, 5) is 31.9. The number of thiophene rings is 1. The highest BCUT2D eigenvalue weighted by Gasteiger charge is 2.34. The van der Waals surface area contributed by atoms with Gasteiger partial charge in [-0.25, -0.2) is 0 Å². The Morgan fingerprint density at radius 1 is 1.15 bits per heavy atom. The molecule has 2 amide bonds. The highest BCUT2D eigenvalue weighted by atomic mass is 32.1. The zero-order chi connectivity index (χ0) is 22.9. The van der Waals surface area contributed by atoms with E-state index in [1.807, 2.05) is 19.2 Å². The average Bonchev–Trinajstić information content (AvgIpc) is 3.69. The number of anilines is 2. The summed E-state index contributed by atoms with van der Waals surface area (Å²) in [6.07, 6.45) is 11.4. The SMILES string of the molecule is Cc1cncc(NC(=S)C[C@@H]2CCc3sc(NC(=O)C4CC4)c(C(=O)NCC4CC4)c3C2)c1.[HH]. The Bertz CT molecular complexity index is 1090. The minimum Gasteiger partial charge on any atom is -0.352 e. The van der Waals surface area contributed by atoms with Gasteiger partial charge >= 0.3 is 0 Å². The van der Waals surface area contributed by atoms with Crippen LogP contribution >= 0.6 is 23.6 Å². The third-order valence-electron chi connectivity index (χ3n) is 6.66. The summed E-state index contributed by atoms with van der Waals surface area (Å²) in [7, 11) is 0. The number of aryl methyl sites for hydroxylation is 2. The molecular weight excluding hydrogens is 452 g/mol. The first-order valence-electron chi connectivity index (χ1n) is 11.9. The summed E-state index contributed by atoms with van der Waals surface area (Å²) in [5.74, 6) is 1.10. The molecule has 0 radical (unpaired) electrons. The second kappa shape index (κ2) is 9.50. The molecule has 0 aliphatic heterocycles. The fourth-order valence-electron chi connectivity index (χ4n) is 4.46. The van der Waals surface area contributed by atoms with Crippen molar-refractivity contribution in [3.63, 3.8) is 0 Å². The van der Waals surface area contributed by atoms with Gasteiger partial charge in [-0.15, -0.1) is 11.3 Å². The van der Waals surface area contributed by atoms with E-state index in [0.29, 0.717) is 17.4 Å². The number of hydrogen-bond donors (Lipinski definition) is 3. The van der Waals surface area contributed by atoms with Crippen molar-refractivity contribution in [1.82, 2.24) is 10.3 Å². The van der Waals surface area contributed by atoms with Gasteiger partial charge in [-0.3, -0.25) is 14.6 Å². The molecule has 2 fully saturated rings. The lowest BCUT2D eigenvalue weighted by atomic mass is 9.84. The lowest BCUT2D eigenvalue weighted by Gasteiger charge is -2.23. The second-order valence-corrected chi connectivity index (χ2v) is 11.3. The molecule has 2 heterocycles. The van der Waals surface area contributed by atoms with Gasteiger partial charge < -0.3 is 16.0 Å². The summed E-state index contributed by atoms with van der Waals surface area (Å²) in [5, 5.41) is 10.3. The molecule has 0 saturated heterocycles. The number of rotatable bonds is 8. The lowest BCUT2D eigenvalue weighted by molar-refractivity contribution is -0.117. The van der Waals surface area contributed by atoms with Gasteiger partial charge in [0.2, 0.25) is 5.91 Å². The second-order valence-electron chi connectivity index (χ2n) is 9.74. The summed E-state index contributed by atoms with van der Waals surface area (Å²) < 4.78 is 0. The van der Waals surface area contributed by atoms with Crippen LogP contribution in [-0.4, -0.2) is 28.3 Å². The first kappa shape index (κ1) is 22.5. The van der Waals surface area contributed by atoms with E-state index < -0.39 is 0 Å². The van der Waals surface area contributed by atoms with Gasteiger partial charge in [0.15, 0.2) is 0 Å². The topological polar surface area (TPSA) is 83.1 Å². The van der Waals surface area contributed by atoms with Crippen LogP contribution in [0.3, 0.4) is 0 Å². The molecule has 1 atom stereocenters. The molecular formula is C25H32N4O2S2. The molecule has 2 aromatic heterocycles. The van der Waals surface area contributed by atoms with Gasteiger partial charge in [0.25, 0.3) is 5.91 Å². The minimum absolute atomic E-state index is 0. The Morgan fingerprint density at radius 2 is 1.97 bits per heavy atom. The zero-order valence-corrected chi connectivity index (χ0v) is 20.5. The molecule has 0 bridgehead atoms. The molecule has 33 heavy (non-hydrogen) atoms. The van der Waals surface area contributed by atoms with Crippen LogP contribution in [0.5, 0.6) is 0 Å². The van der Waals surface area contributed by atoms with Crippen molar-refractivity contribution in [3.8, 4) is 0 Å². The number of amides is 2. The molecule has 2 saturated carbocycles. The highest BCUT2D eigenvalue weighted by Crippen LogP contribution is 2.42. The molecule has 176 valence electrons. The van der Waals surface area contributed by atoms with Gasteiger partial charge in [-0.1, -0.05) is 12.2 Å². The normalized spacial score (nSPS) is 19.5. The maximum absolute atomic E-state index is 13.2. The Kier molecular flexibility index (Phi) is 6.47. The molecule has 0 spiro atoms. The van der Waals surface area contributed by atoms with Crippen LogP contribution in [0, 0.1) is 24.7 Å². The number of nitrogens with zero attached hydrogens (tertiary/aromatic N) is 1. The van der Waals surface area contributed by atoms with Crippen LogP contribution in [0.15, 0.2) is 18.5 Å². The summed E-state index contributed by atoms with van der Waals surface area (Å²) in [5.41, 5.74) is 3.80. The minimum atomic E-state index is -0.0438. The molecule has 3 aliphatic rings. The molecule has 0 unspecified atom stereocenters. The Balaban J connectivity index is 0.00000274. The van der Waals surface area contributed by atoms with Crippen molar-refractivity contribution in [2.75, 3.05) is 17.2 Å². The predicted octanol–water partition coefficient (Wildman–Crippen LogP) is 5.12. The van der Waals surface area contributed by atoms with E-state index in [4.69, 9.17) is 12.2 Å². The van der Waals surface area contributed by atoms with Crippen molar-refractivity contribution in [3.05, 3.63) is 40.0 Å². The van der Waals surface area contributed by atoms with E-state index in [0.717, 1.165) is 71.9 Å². The monoisotopic (exact) mass is 484 g/mol. The first-order chi connectivity index (χ1) is 16.0. The number of pyridine rings is 1. The van der Waals surface area contributed by atoms with Crippen LogP contribution in [0.4, 0.5) is 10.7 Å². The van der Waals surface area contributed by atoms with Crippen LogP contribution in [0.1, 0.15) is 66.3 Å². The Labute approximate surface area is 205 Å². The van der Waals surface area contributed by atoms with E-state index in [-0.39, 0.29) is 19.2 Å². The number of aromatic nitrogens is 1. The van der Waals surface area contributed by atoms with Crippen LogP contribution in [0.2, 0.25) is 0 Å². The van der Waals surface area contributed by atoms with Crippen molar-refractivity contribution in [1.29, 1.82) is 0 Å². The Hall–Kier alpha value is -2.32. The number of carbonyl (C=O) groups excluding carboxylic acids is 2. The summed E-state index contributed by atoms with van der Waals surface area (Å²) in [6, 6.07) is 2.04. The van der Waals surface area contributed by atoms with E-state index in [1.165, 1.54) is 17.7 Å². The third kappa shape index (κ3) is 5.61. The fraction of sp³-hybridized carbons (Fsp3) is 0.520. The zero-order valence-electron chi connectivity index (χ0n) is 18.9. The summed E-state index contributed by atoms with van der Waals surface area (Å²) in [6.45, 7) is 2.73. The van der Waals surface area contributed by atoms with E-state index in [1.54, 1.807) is 17.5 Å². The molecule has 2 aromatic rings. The number of thiocarbonyl (C=S) groups is 1. The third-order valence-corrected chi connectivity index (χ3v) is 8.13. The van der Waals surface area contributed by atoms with E-state index in [2.05, 4.69) is 20.9 Å². The molecule has 5 rings (SSSR count). The maximum atomic E-state index is 13.2. The van der Waals surface area contributed by atoms with Crippen molar-refractivity contribution in [2.45, 2.75) is 58.3 Å². The number of nitrogens with one attached hydrogen (secondary N) is 3.